The average Bonchev–Trinajstić information content (AvgIpc) is 2.43. The van der Waals surface area contributed by atoms with Gasteiger partial charge in [-0.1, -0.05) is 0 Å². The molecule has 0 radical (unpaired) electrons. The van der Waals surface area contributed by atoms with Gasteiger partial charge in [-0.15, -0.1) is 0 Å². The highest BCUT2D eigenvalue weighted by molar-refractivity contribution is 5.78. The molecule has 2 fully saturated rings. The lowest BCUT2D eigenvalue weighted by Gasteiger charge is -2.37. The molecule has 2 saturated heterocycles. The van der Waals surface area contributed by atoms with Crippen molar-refractivity contribution in [3.63, 3.8) is 0 Å². The molecule has 0 aromatic rings. The topological polar surface area (TPSA) is 59.1 Å². The minimum absolute atomic E-state index is 0.0295. The molecule has 116 valence electrons. The van der Waals surface area contributed by atoms with Gasteiger partial charge in [0, 0.05) is 45.8 Å². The van der Waals surface area contributed by atoms with Gasteiger partial charge in [0.05, 0.1) is 12.1 Å². The summed E-state index contributed by atoms with van der Waals surface area (Å²) in [5, 5.41) is 13.3. The lowest BCUT2D eigenvalue weighted by molar-refractivity contribution is -0.124. The van der Waals surface area contributed by atoms with Gasteiger partial charge in [-0.25, -0.2) is 0 Å². The number of aliphatic hydroxyl groups is 1. The van der Waals surface area contributed by atoms with Crippen LogP contribution in [-0.4, -0.2) is 97.8 Å². The first-order valence-electron chi connectivity index (χ1n) is 7.55. The van der Waals surface area contributed by atoms with Gasteiger partial charge in [0.1, 0.15) is 0 Å². The van der Waals surface area contributed by atoms with Crippen molar-refractivity contribution in [2.45, 2.75) is 18.4 Å². The molecule has 0 aromatic heterocycles. The summed E-state index contributed by atoms with van der Waals surface area (Å²) in [5.74, 6) is 0.0295. The second kappa shape index (κ2) is 6.85. The van der Waals surface area contributed by atoms with Gasteiger partial charge in [-0.05, 0) is 26.9 Å². The minimum Gasteiger partial charge on any atom is -0.388 e. The number of carbonyl (C=O) groups is 1. The summed E-state index contributed by atoms with van der Waals surface area (Å²) in [6.45, 7) is 6.54. The van der Waals surface area contributed by atoms with Crippen molar-refractivity contribution in [1.82, 2.24) is 20.0 Å². The van der Waals surface area contributed by atoms with Crippen LogP contribution in [0.1, 0.15) is 12.8 Å². The highest BCUT2D eigenvalue weighted by Crippen LogP contribution is 2.20. The Morgan fingerprint density at radius 2 is 1.60 bits per heavy atom. The predicted octanol–water partition coefficient (Wildman–Crippen LogP) is -1.19. The van der Waals surface area contributed by atoms with Crippen molar-refractivity contribution < 1.29 is 9.90 Å². The maximum absolute atomic E-state index is 12.0. The molecule has 1 amide bonds. The normalized spacial score (nSPS) is 25.6. The Morgan fingerprint density at radius 1 is 1.05 bits per heavy atom. The molecule has 2 rings (SSSR count). The molecule has 0 unspecified atom stereocenters. The molecule has 2 heterocycles. The first kappa shape index (κ1) is 15.7. The highest BCUT2D eigenvalue weighted by atomic mass is 16.3. The lowest BCUT2D eigenvalue weighted by atomic mass is 9.91. The van der Waals surface area contributed by atoms with Gasteiger partial charge < -0.3 is 20.2 Å². The third kappa shape index (κ3) is 4.70. The number of rotatable bonds is 4. The van der Waals surface area contributed by atoms with Crippen LogP contribution in [0.5, 0.6) is 0 Å². The van der Waals surface area contributed by atoms with Gasteiger partial charge in [-0.3, -0.25) is 9.69 Å². The SMILES string of the molecule is CN1CCN(CC(=O)NCC2(O)CCN(C)CC2)CC1. The van der Waals surface area contributed by atoms with Crippen LogP contribution in [0.15, 0.2) is 0 Å². The van der Waals surface area contributed by atoms with Gasteiger partial charge >= 0.3 is 0 Å². The Bertz CT molecular complexity index is 321. The van der Waals surface area contributed by atoms with E-state index in [9.17, 15) is 9.90 Å². The van der Waals surface area contributed by atoms with Crippen molar-refractivity contribution in [2.75, 3.05) is 66.5 Å². The van der Waals surface area contributed by atoms with Crippen LogP contribution in [0, 0.1) is 0 Å². The van der Waals surface area contributed by atoms with Gasteiger partial charge in [-0.2, -0.15) is 0 Å². The second-order valence-electron chi connectivity index (χ2n) is 6.38. The largest absolute Gasteiger partial charge is 0.388 e. The maximum Gasteiger partial charge on any atom is 0.234 e. The summed E-state index contributed by atoms with van der Waals surface area (Å²) in [7, 11) is 4.17. The molecule has 6 heteroatoms. The van der Waals surface area contributed by atoms with Crippen LogP contribution in [0.2, 0.25) is 0 Å². The van der Waals surface area contributed by atoms with Crippen molar-refractivity contribution in [3.8, 4) is 0 Å². The quantitative estimate of drug-likeness (QED) is 0.680. The molecule has 6 nitrogen and oxygen atoms in total. The monoisotopic (exact) mass is 284 g/mol. The number of likely N-dealkylation sites (tertiary alicyclic amines) is 1. The Kier molecular flexibility index (Phi) is 5.37. The van der Waals surface area contributed by atoms with Crippen LogP contribution in [0.4, 0.5) is 0 Å². The molecule has 0 bridgehead atoms. The third-order valence-corrected chi connectivity index (χ3v) is 4.50. The van der Waals surface area contributed by atoms with Crippen LogP contribution < -0.4 is 5.32 Å². The first-order chi connectivity index (χ1) is 9.47. The summed E-state index contributed by atoms with van der Waals surface area (Å²) in [5.41, 5.74) is -0.718. The number of likely N-dealkylation sites (N-methyl/N-ethyl adjacent to an activating group) is 1. The van der Waals surface area contributed by atoms with Crippen LogP contribution in [0.3, 0.4) is 0 Å². The number of nitrogens with zero attached hydrogens (tertiary/aromatic N) is 3. The first-order valence-corrected chi connectivity index (χ1v) is 7.55. The number of hydrogen-bond donors (Lipinski definition) is 2. The van der Waals surface area contributed by atoms with E-state index in [0.717, 1.165) is 52.1 Å². The fraction of sp³-hybridized carbons (Fsp3) is 0.929. The van der Waals surface area contributed by atoms with Crippen molar-refractivity contribution in [3.05, 3.63) is 0 Å². The fourth-order valence-corrected chi connectivity index (χ4v) is 2.74. The fourth-order valence-electron chi connectivity index (χ4n) is 2.74. The molecule has 0 atom stereocenters. The van der Waals surface area contributed by atoms with Crippen molar-refractivity contribution in [2.24, 2.45) is 0 Å². The highest BCUT2D eigenvalue weighted by Gasteiger charge is 2.31. The van der Waals surface area contributed by atoms with E-state index in [-0.39, 0.29) is 5.91 Å². The smallest absolute Gasteiger partial charge is 0.234 e. The molecule has 2 aliphatic rings. The second-order valence-corrected chi connectivity index (χ2v) is 6.38. The lowest BCUT2D eigenvalue weighted by Crippen LogP contribution is -2.52. The van der Waals surface area contributed by atoms with Gasteiger partial charge in [0.15, 0.2) is 0 Å². The molecule has 2 N–H and O–H groups in total. The van der Waals surface area contributed by atoms with E-state index in [1.807, 2.05) is 0 Å². The minimum atomic E-state index is -0.718. The Balaban J connectivity index is 1.67. The van der Waals surface area contributed by atoms with E-state index < -0.39 is 5.60 Å². The molecule has 0 aliphatic carbocycles. The predicted molar refractivity (Wildman–Crippen MR) is 78.6 cm³/mol. The van der Waals surface area contributed by atoms with E-state index in [0.29, 0.717) is 13.1 Å². The zero-order valence-corrected chi connectivity index (χ0v) is 12.8. The summed E-state index contributed by atoms with van der Waals surface area (Å²) < 4.78 is 0. The number of hydrogen-bond acceptors (Lipinski definition) is 5. The Hall–Kier alpha value is -0.690. The summed E-state index contributed by atoms with van der Waals surface area (Å²) >= 11 is 0. The maximum atomic E-state index is 12.0. The third-order valence-electron chi connectivity index (χ3n) is 4.50. The van der Waals surface area contributed by atoms with E-state index in [1.54, 1.807) is 0 Å². The molecular formula is C14H28N4O2. The van der Waals surface area contributed by atoms with Crippen LogP contribution in [-0.2, 0) is 4.79 Å². The molecule has 2 aliphatic heterocycles. The van der Waals surface area contributed by atoms with E-state index in [2.05, 4.69) is 34.1 Å². The summed E-state index contributed by atoms with van der Waals surface area (Å²) in [6.07, 6.45) is 1.47. The van der Waals surface area contributed by atoms with Crippen LogP contribution >= 0.6 is 0 Å². The molecule has 0 spiro atoms. The average molecular weight is 284 g/mol. The van der Waals surface area contributed by atoms with Gasteiger partial charge in [0.25, 0.3) is 0 Å². The van der Waals surface area contributed by atoms with Crippen molar-refractivity contribution >= 4 is 5.91 Å². The van der Waals surface area contributed by atoms with E-state index >= 15 is 0 Å². The standard InChI is InChI=1S/C14H28N4O2/c1-16-5-3-14(20,4-6-16)12-15-13(19)11-18-9-7-17(2)8-10-18/h20H,3-12H2,1-2H3,(H,15,19). The molecule has 0 saturated carbocycles. The Morgan fingerprint density at radius 3 is 2.20 bits per heavy atom. The zero-order chi connectivity index (χ0) is 14.6. The Labute approximate surface area is 121 Å². The number of nitrogens with one attached hydrogen (secondary N) is 1. The number of carbonyl (C=O) groups excluding carboxylic acids is 1. The molecule has 0 aromatic carbocycles. The molecule has 20 heavy (non-hydrogen) atoms. The number of piperidine rings is 1. The van der Waals surface area contributed by atoms with Gasteiger partial charge in [0.2, 0.25) is 5.91 Å². The summed E-state index contributed by atoms with van der Waals surface area (Å²) in [4.78, 5) is 18.6. The van der Waals surface area contributed by atoms with Crippen LogP contribution in [0.25, 0.3) is 0 Å². The van der Waals surface area contributed by atoms with E-state index in [4.69, 9.17) is 0 Å². The van der Waals surface area contributed by atoms with E-state index in [1.165, 1.54) is 0 Å². The zero-order valence-electron chi connectivity index (χ0n) is 12.8. The number of amides is 1. The molecular weight excluding hydrogens is 256 g/mol. The summed E-state index contributed by atoms with van der Waals surface area (Å²) in [6, 6.07) is 0. The number of piperazine rings is 1. The van der Waals surface area contributed by atoms with Crippen molar-refractivity contribution in [1.29, 1.82) is 0 Å².